The van der Waals surface area contributed by atoms with Gasteiger partial charge in [0.15, 0.2) is 17.8 Å². The number of amides is 1. The van der Waals surface area contributed by atoms with E-state index in [0.29, 0.717) is 24.5 Å². The Morgan fingerprint density at radius 2 is 2.29 bits per heavy atom. The van der Waals surface area contributed by atoms with Crippen LogP contribution >= 0.6 is 11.3 Å². The van der Waals surface area contributed by atoms with Gasteiger partial charge >= 0.3 is 0 Å². The number of likely N-dealkylation sites (tertiary alicyclic amines) is 1. The predicted molar refractivity (Wildman–Crippen MR) is 80.1 cm³/mol. The molecule has 6 heteroatoms. The van der Waals surface area contributed by atoms with Crippen molar-refractivity contribution in [2.45, 2.75) is 25.9 Å². The molecular formula is C15H18N2O3S. The monoisotopic (exact) mass is 306 g/mol. The molecule has 21 heavy (non-hydrogen) atoms. The Kier molecular flexibility index (Phi) is 4.07. The molecule has 1 atom stereocenters. The van der Waals surface area contributed by atoms with Gasteiger partial charge in [0.05, 0.1) is 11.0 Å². The number of aliphatic hydroxyl groups is 1. The van der Waals surface area contributed by atoms with Gasteiger partial charge in [-0.25, -0.2) is 4.98 Å². The Labute approximate surface area is 127 Å². The van der Waals surface area contributed by atoms with E-state index < -0.39 is 0 Å². The Morgan fingerprint density at radius 1 is 1.52 bits per heavy atom. The standard InChI is InChI=1S/C15H18N2O3S/c1-10(18)11-4-6-17(7-5-11)15(19)13-14(20-9-16-13)12-3-2-8-21-12/h2-3,8-11,18H,4-7H2,1H3. The van der Waals surface area contributed by atoms with Crippen LogP contribution in [-0.4, -0.2) is 40.1 Å². The van der Waals surface area contributed by atoms with Crippen molar-refractivity contribution in [3.63, 3.8) is 0 Å². The molecule has 112 valence electrons. The van der Waals surface area contributed by atoms with Crippen molar-refractivity contribution in [1.29, 1.82) is 0 Å². The van der Waals surface area contributed by atoms with Gasteiger partial charge in [-0.1, -0.05) is 6.07 Å². The van der Waals surface area contributed by atoms with Crippen LogP contribution in [0, 0.1) is 5.92 Å². The van der Waals surface area contributed by atoms with Gasteiger partial charge in [0.1, 0.15) is 0 Å². The number of oxazole rings is 1. The number of aromatic nitrogens is 1. The number of nitrogens with zero attached hydrogens (tertiary/aromatic N) is 2. The summed E-state index contributed by atoms with van der Waals surface area (Å²) in [5.74, 6) is 0.743. The van der Waals surface area contributed by atoms with E-state index in [1.807, 2.05) is 24.4 Å². The molecule has 0 saturated carbocycles. The molecule has 2 aromatic rings. The lowest BCUT2D eigenvalue weighted by Gasteiger charge is -2.32. The number of carbonyl (C=O) groups is 1. The fourth-order valence-corrected chi connectivity index (χ4v) is 3.43. The molecule has 0 bridgehead atoms. The highest BCUT2D eigenvalue weighted by Crippen LogP contribution is 2.29. The lowest BCUT2D eigenvalue weighted by Crippen LogP contribution is -2.41. The summed E-state index contributed by atoms with van der Waals surface area (Å²) in [6, 6.07) is 3.84. The highest BCUT2D eigenvalue weighted by molar-refractivity contribution is 7.13. The minimum absolute atomic E-state index is 0.0869. The molecule has 1 unspecified atom stereocenters. The zero-order valence-electron chi connectivity index (χ0n) is 11.9. The van der Waals surface area contributed by atoms with E-state index in [2.05, 4.69) is 4.98 Å². The molecule has 5 nitrogen and oxygen atoms in total. The summed E-state index contributed by atoms with van der Waals surface area (Å²) >= 11 is 1.53. The number of rotatable bonds is 3. The Morgan fingerprint density at radius 3 is 2.90 bits per heavy atom. The first-order chi connectivity index (χ1) is 10.2. The molecule has 0 radical (unpaired) electrons. The molecule has 0 aliphatic carbocycles. The van der Waals surface area contributed by atoms with E-state index in [1.165, 1.54) is 17.7 Å². The topological polar surface area (TPSA) is 66.6 Å². The molecular weight excluding hydrogens is 288 g/mol. The second-order valence-electron chi connectivity index (χ2n) is 5.38. The maximum Gasteiger partial charge on any atom is 0.276 e. The average Bonchev–Trinajstić information content (AvgIpc) is 3.17. The van der Waals surface area contributed by atoms with Crippen LogP contribution in [0.4, 0.5) is 0 Å². The summed E-state index contributed by atoms with van der Waals surface area (Å²) in [5, 5.41) is 11.6. The van der Waals surface area contributed by atoms with Gasteiger partial charge in [0, 0.05) is 13.1 Å². The molecule has 1 fully saturated rings. The molecule has 1 aliphatic heterocycles. The maximum absolute atomic E-state index is 12.6. The summed E-state index contributed by atoms with van der Waals surface area (Å²) < 4.78 is 5.39. The van der Waals surface area contributed by atoms with E-state index in [-0.39, 0.29) is 17.9 Å². The first-order valence-corrected chi connectivity index (χ1v) is 7.99. The Hall–Kier alpha value is -1.66. The van der Waals surface area contributed by atoms with Crippen LogP contribution in [0.2, 0.25) is 0 Å². The second kappa shape index (κ2) is 5.99. The third kappa shape index (κ3) is 2.87. The number of piperidine rings is 1. The van der Waals surface area contributed by atoms with Crippen LogP contribution in [0.5, 0.6) is 0 Å². The highest BCUT2D eigenvalue weighted by atomic mass is 32.1. The van der Waals surface area contributed by atoms with Gasteiger partial charge < -0.3 is 14.4 Å². The van der Waals surface area contributed by atoms with Crippen molar-refractivity contribution in [1.82, 2.24) is 9.88 Å². The molecule has 3 heterocycles. The number of hydrogen-bond acceptors (Lipinski definition) is 5. The Balaban J connectivity index is 1.74. The van der Waals surface area contributed by atoms with Gasteiger partial charge in [-0.05, 0) is 37.1 Å². The van der Waals surface area contributed by atoms with E-state index in [4.69, 9.17) is 4.42 Å². The molecule has 1 amide bonds. The maximum atomic E-state index is 12.6. The van der Waals surface area contributed by atoms with Crippen molar-refractivity contribution < 1.29 is 14.3 Å². The number of carbonyl (C=O) groups excluding carboxylic acids is 1. The number of thiophene rings is 1. The zero-order valence-corrected chi connectivity index (χ0v) is 12.7. The van der Waals surface area contributed by atoms with E-state index >= 15 is 0 Å². The first-order valence-electron chi connectivity index (χ1n) is 7.11. The van der Waals surface area contributed by atoms with Gasteiger partial charge in [0.2, 0.25) is 0 Å². The molecule has 0 aromatic carbocycles. The normalized spacial score (nSPS) is 17.9. The third-order valence-electron chi connectivity index (χ3n) is 4.02. The largest absolute Gasteiger partial charge is 0.442 e. The molecule has 0 spiro atoms. The van der Waals surface area contributed by atoms with Crippen molar-refractivity contribution in [2.24, 2.45) is 5.92 Å². The minimum Gasteiger partial charge on any atom is -0.442 e. The van der Waals surface area contributed by atoms with Gasteiger partial charge in [-0.15, -0.1) is 11.3 Å². The minimum atomic E-state index is -0.309. The SMILES string of the molecule is CC(O)C1CCN(C(=O)c2ncoc2-c2cccs2)CC1. The predicted octanol–water partition coefficient (Wildman–Crippen LogP) is 2.64. The highest BCUT2D eigenvalue weighted by Gasteiger charge is 2.29. The van der Waals surface area contributed by atoms with Gasteiger partial charge in [-0.2, -0.15) is 0 Å². The number of aliphatic hydroxyl groups excluding tert-OH is 1. The molecule has 2 aromatic heterocycles. The number of hydrogen-bond donors (Lipinski definition) is 1. The smallest absolute Gasteiger partial charge is 0.276 e. The van der Waals surface area contributed by atoms with Crippen LogP contribution in [-0.2, 0) is 0 Å². The van der Waals surface area contributed by atoms with E-state index in [0.717, 1.165) is 17.7 Å². The fraction of sp³-hybridized carbons (Fsp3) is 0.467. The quantitative estimate of drug-likeness (QED) is 0.946. The summed E-state index contributed by atoms with van der Waals surface area (Å²) in [7, 11) is 0. The van der Waals surface area contributed by atoms with Crippen LogP contribution in [0.3, 0.4) is 0 Å². The van der Waals surface area contributed by atoms with E-state index in [1.54, 1.807) is 4.90 Å². The molecule has 1 N–H and O–H groups in total. The summed E-state index contributed by atoms with van der Waals surface area (Å²) in [4.78, 5) is 19.4. The summed E-state index contributed by atoms with van der Waals surface area (Å²) in [6.45, 7) is 3.13. The Bertz CT molecular complexity index is 598. The second-order valence-corrected chi connectivity index (χ2v) is 6.33. The lowest BCUT2D eigenvalue weighted by molar-refractivity contribution is 0.0518. The van der Waals surface area contributed by atoms with Gasteiger partial charge in [0.25, 0.3) is 5.91 Å². The molecule has 1 saturated heterocycles. The lowest BCUT2D eigenvalue weighted by atomic mass is 9.92. The first kappa shape index (κ1) is 14.3. The zero-order chi connectivity index (χ0) is 14.8. The molecule has 3 rings (SSSR count). The van der Waals surface area contributed by atoms with Crippen LogP contribution in [0.1, 0.15) is 30.3 Å². The van der Waals surface area contributed by atoms with Crippen molar-refractivity contribution >= 4 is 17.2 Å². The fourth-order valence-electron chi connectivity index (χ4n) is 2.72. The summed E-state index contributed by atoms with van der Waals surface area (Å²) in [6.07, 6.45) is 2.67. The van der Waals surface area contributed by atoms with Crippen LogP contribution < -0.4 is 0 Å². The van der Waals surface area contributed by atoms with Crippen molar-refractivity contribution in [2.75, 3.05) is 13.1 Å². The van der Waals surface area contributed by atoms with Crippen LogP contribution in [0.25, 0.3) is 10.6 Å². The van der Waals surface area contributed by atoms with Gasteiger partial charge in [-0.3, -0.25) is 4.79 Å². The summed E-state index contributed by atoms with van der Waals surface area (Å²) in [5.41, 5.74) is 0.382. The average molecular weight is 306 g/mol. The van der Waals surface area contributed by atoms with Crippen molar-refractivity contribution in [3.8, 4) is 10.6 Å². The van der Waals surface area contributed by atoms with E-state index in [9.17, 15) is 9.90 Å². The third-order valence-corrected chi connectivity index (χ3v) is 4.89. The van der Waals surface area contributed by atoms with Crippen LogP contribution in [0.15, 0.2) is 28.3 Å². The van der Waals surface area contributed by atoms with Crippen molar-refractivity contribution in [3.05, 3.63) is 29.6 Å². The molecule has 1 aliphatic rings.